The quantitative estimate of drug-likeness (QED) is 0.449. The molecule has 2 N–H and O–H groups in total. The zero-order chi connectivity index (χ0) is 18.8. The van der Waals surface area contributed by atoms with E-state index in [1.807, 2.05) is 42.1 Å². The van der Waals surface area contributed by atoms with Gasteiger partial charge < -0.3 is 20.1 Å². The number of hydrogen-bond donors (Lipinski definition) is 2. The van der Waals surface area contributed by atoms with Gasteiger partial charge in [-0.2, -0.15) is 11.8 Å². The molecule has 0 aliphatic rings. The third-order valence-electron chi connectivity index (χ3n) is 3.57. The summed E-state index contributed by atoms with van der Waals surface area (Å²) in [5.41, 5.74) is 2.15. The Kier molecular flexibility index (Phi) is 8.88. The highest BCUT2D eigenvalue weighted by atomic mass is 35.5. The largest absolute Gasteiger partial charge is 0.493 e. The molecule has 0 aliphatic carbocycles. The number of halogens is 1. The molecule has 0 atom stereocenters. The highest BCUT2D eigenvalue weighted by molar-refractivity contribution is 7.98. The Morgan fingerprint density at radius 2 is 1.81 bits per heavy atom. The lowest BCUT2D eigenvalue weighted by atomic mass is 10.2. The summed E-state index contributed by atoms with van der Waals surface area (Å²) in [6.45, 7) is 0.826. The molecule has 2 aromatic carbocycles. The van der Waals surface area contributed by atoms with Crippen LogP contribution in [0, 0.1) is 0 Å². The zero-order valence-corrected chi connectivity index (χ0v) is 17.3. The van der Waals surface area contributed by atoms with E-state index in [0.29, 0.717) is 16.6 Å². The first-order valence-corrected chi connectivity index (χ1v) is 10.2. The van der Waals surface area contributed by atoms with Gasteiger partial charge in [-0.05, 0) is 54.2 Å². The average Bonchev–Trinajstić information content (AvgIpc) is 2.65. The fourth-order valence-corrected chi connectivity index (χ4v) is 3.50. The van der Waals surface area contributed by atoms with Crippen LogP contribution in [0.1, 0.15) is 12.0 Å². The summed E-state index contributed by atoms with van der Waals surface area (Å²) >= 11 is 13.1. The number of ether oxygens (including phenoxy) is 2. The summed E-state index contributed by atoms with van der Waals surface area (Å²) in [4.78, 5) is 0. The van der Waals surface area contributed by atoms with Crippen molar-refractivity contribution in [3.8, 4) is 11.5 Å². The van der Waals surface area contributed by atoms with E-state index in [1.54, 1.807) is 14.2 Å². The van der Waals surface area contributed by atoms with Crippen LogP contribution in [-0.2, 0) is 5.75 Å². The molecule has 140 valence electrons. The average molecular weight is 411 g/mol. The van der Waals surface area contributed by atoms with Crippen LogP contribution in [0.4, 0.5) is 5.69 Å². The Bertz CT molecular complexity index is 711. The molecule has 2 rings (SSSR count). The Morgan fingerprint density at radius 3 is 2.50 bits per heavy atom. The zero-order valence-electron chi connectivity index (χ0n) is 14.9. The van der Waals surface area contributed by atoms with E-state index in [0.717, 1.165) is 35.2 Å². The van der Waals surface area contributed by atoms with Gasteiger partial charge in [0.2, 0.25) is 0 Å². The van der Waals surface area contributed by atoms with Gasteiger partial charge in [0.15, 0.2) is 16.6 Å². The van der Waals surface area contributed by atoms with Crippen LogP contribution in [0.5, 0.6) is 11.5 Å². The number of benzene rings is 2. The Morgan fingerprint density at radius 1 is 1.08 bits per heavy atom. The summed E-state index contributed by atoms with van der Waals surface area (Å²) in [6.07, 6.45) is 1.03. The van der Waals surface area contributed by atoms with Gasteiger partial charge in [0.05, 0.1) is 14.2 Å². The van der Waals surface area contributed by atoms with Crippen LogP contribution in [0.15, 0.2) is 42.5 Å². The van der Waals surface area contributed by atoms with Gasteiger partial charge in [0.25, 0.3) is 0 Å². The minimum Gasteiger partial charge on any atom is -0.493 e. The molecule has 0 aliphatic heterocycles. The number of thiocarbonyl (C=S) groups is 1. The van der Waals surface area contributed by atoms with Gasteiger partial charge >= 0.3 is 0 Å². The summed E-state index contributed by atoms with van der Waals surface area (Å²) in [5.74, 6) is 3.41. The molecule has 0 bridgehead atoms. The van der Waals surface area contributed by atoms with E-state index in [2.05, 4.69) is 22.8 Å². The first-order chi connectivity index (χ1) is 12.6. The minimum absolute atomic E-state index is 0.597. The van der Waals surface area contributed by atoms with Crippen molar-refractivity contribution in [2.24, 2.45) is 0 Å². The molecule has 0 radical (unpaired) electrons. The summed E-state index contributed by atoms with van der Waals surface area (Å²) < 4.78 is 10.5. The van der Waals surface area contributed by atoms with Gasteiger partial charge in [0, 0.05) is 29.1 Å². The lowest BCUT2D eigenvalue weighted by Gasteiger charge is -2.13. The van der Waals surface area contributed by atoms with Gasteiger partial charge in [0.1, 0.15) is 0 Å². The molecule has 4 nitrogen and oxygen atoms in total. The van der Waals surface area contributed by atoms with Gasteiger partial charge in [-0.15, -0.1) is 0 Å². The van der Waals surface area contributed by atoms with Gasteiger partial charge in [-0.25, -0.2) is 0 Å². The highest BCUT2D eigenvalue weighted by Crippen LogP contribution is 2.29. The number of thioether (sulfide) groups is 1. The molecule has 0 heterocycles. The Labute approximate surface area is 169 Å². The molecule has 0 fully saturated rings. The van der Waals surface area contributed by atoms with E-state index in [-0.39, 0.29) is 0 Å². The monoisotopic (exact) mass is 410 g/mol. The van der Waals surface area contributed by atoms with E-state index in [1.165, 1.54) is 5.56 Å². The first kappa shape index (κ1) is 20.7. The predicted molar refractivity (Wildman–Crippen MR) is 116 cm³/mol. The fraction of sp³-hybridized carbons (Fsp3) is 0.316. The first-order valence-electron chi connectivity index (χ1n) is 8.21. The van der Waals surface area contributed by atoms with Crippen LogP contribution in [-0.4, -0.2) is 31.6 Å². The van der Waals surface area contributed by atoms with Crippen LogP contribution in [0.2, 0.25) is 5.02 Å². The molecule has 7 heteroatoms. The second-order valence-corrected chi connectivity index (χ2v) is 7.43. The Hall–Kier alpha value is -1.63. The normalized spacial score (nSPS) is 10.3. The Balaban J connectivity index is 1.63. The smallest absolute Gasteiger partial charge is 0.170 e. The van der Waals surface area contributed by atoms with Crippen molar-refractivity contribution in [3.05, 3.63) is 53.1 Å². The highest BCUT2D eigenvalue weighted by Gasteiger charge is 2.05. The molecule has 26 heavy (non-hydrogen) atoms. The fourth-order valence-electron chi connectivity index (χ4n) is 2.24. The van der Waals surface area contributed by atoms with Crippen molar-refractivity contribution in [2.45, 2.75) is 12.2 Å². The minimum atomic E-state index is 0.597. The van der Waals surface area contributed by atoms with Crippen molar-refractivity contribution >= 4 is 46.4 Å². The van der Waals surface area contributed by atoms with E-state index < -0.39 is 0 Å². The number of hydrogen-bond acceptors (Lipinski definition) is 4. The van der Waals surface area contributed by atoms with Crippen molar-refractivity contribution in [3.63, 3.8) is 0 Å². The molecule has 0 amide bonds. The van der Waals surface area contributed by atoms with Crippen LogP contribution >= 0.6 is 35.6 Å². The SMILES string of the molecule is COc1ccc(NC(=S)NCCCSCc2ccc(Cl)cc2)cc1OC. The van der Waals surface area contributed by atoms with Crippen molar-refractivity contribution in [1.82, 2.24) is 5.32 Å². The molecule has 0 unspecified atom stereocenters. The molecule has 0 aromatic heterocycles. The third kappa shape index (κ3) is 6.94. The number of rotatable bonds is 9. The second kappa shape index (κ2) is 11.2. The van der Waals surface area contributed by atoms with Crippen LogP contribution in [0.25, 0.3) is 0 Å². The molecule has 2 aromatic rings. The topological polar surface area (TPSA) is 42.5 Å². The standard InChI is InChI=1S/C19H23ClN2O2S2/c1-23-17-9-8-16(12-18(17)24-2)22-19(25)21-10-3-11-26-13-14-4-6-15(20)7-5-14/h4-9,12H,3,10-11,13H2,1-2H3,(H2,21,22,25). The third-order valence-corrected chi connectivity index (χ3v) is 5.19. The van der Waals surface area contributed by atoms with Crippen molar-refractivity contribution in [2.75, 3.05) is 31.8 Å². The van der Waals surface area contributed by atoms with Crippen molar-refractivity contribution < 1.29 is 9.47 Å². The maximum atomic E-state index is 5.89. The maximum Gasteiger partial charge on any atom is 0.170 e. The molecule has 0 spiro atoms. The van der Waals surface area contributed by atoms with E-state index >= 15 is 0 Å². The van der Waals surface area contributed by atoms with E-state index in [9.17, 15) is 0 Å². The van der Waals surface area contributed by atoms with Crippen LogP contribution in [0.3, 0.4) is 0 Å². The van der Waals surface area contributed by atoms with E-state index in [4.69, 9.17) is 33.3 Å². The predicted octanol–water partition coefficient (Wildman–Crippen LogP) is 4.97. The molecular formula is C19H23ClN2O2S2. The molecule has 0 saturated carbocycles. The summed E-state index contributed by atoms with van der Waals surface area (Å²) in [6, 6.07) is 13.6. The van der Waals surface area contributed by atoms with Crippen LogP contribution < -0.4 is 20.1 Å². The van der Waals surface area contributed by atoms with Crippen molar-refractivity contribution in [1.29, 1.82) is 0 Å². The molecular weight excluding hydrogens is 388 g/mol. The maximum absolute atomic E-state index is 5.89. The lowest BCUT2D eigenvalue weighted by molar-refractivity contribution is 0.355. The molecule has 0 saturated heterocycles. The second-order valence-electron chi connectivity index (χ2n) is 5.48. The number of methoxy groups -OCH3 is 2. The van der Waals surface area contributed by atoms with Gasteiger partial charge in [-0.3, -0.25) is 0 Å². The number of nitrogens with one attached hydrogen (secondary N) is 2. The number of anilines is 1. The summed E-state index contributed by atoms with van der Waals surface area (Å²) in [5, 5.41) is 7.75. The van der Waals surface area contributed by atoms with Gasteiger partial charge in [-0.1, -0.05) is 23.7 Å². The lowest BCUT2D eigenvalue weighted by Crippen LogP contribution is -2.29. The summed E-state index contributed by atoms with van der Waals surface area (Å²) in [7, 11) is 3.22.